The molecule has 0 aliphatic carbocycles. The van der Waals surface area contributed by atoms with Gasteiger partial charge in [-0.3, -0.25) is 9.59 Å². The Labute approximate surface area is 214 Å². The van der Waals surface area contributed by atoms with E-state index >= 15 is 0 Å². The molecule has 1 aliphatic heterocycles. The second-order valence-electron chi connectivity index (χ2n) is 9.04. The Morgan fingerprint density at radius 1 is 1.11 bits per heavy atom. The average Bonchev–Trinajstić information content (AvgIpc) is 3.41. The van der Waals surface area contributed by atoms with Crippen molar-refractivity contribution in [2.24, 2.45) is 0 Å². The van der Waals surface area contributed by atoms with Crippen molar-refractivity contribution in [3.8, 4) is 17.6 Å². The molecule has 1 unspecified atom stereocenters. The fourth-order valence-corrected chi connectivity index (χ4v) is 4.30. The summed E-state index contributed by atoms with van der Waals surface area (Å²) in [5, 5.41) is 32.2. The molecule has 1 saturated heterocycles. The molecular formula is C28H30N4O5. The number of hydrogen-bond donors (Lipinski definition) is 5. The molecule has 3 aromatic rings. The van der Waals surface area contributed by atoms with E-state index in [4.69, 9.17) is 5.11 Å². The van der Waals surface area contributed by atoms with Crippen molar-refractivity contribution in [3.05, 3.63) is 93.2 Å². The number of aliphatic hydroxyl groups excluding tert-OH is 2. The summed E-state index contributed by atoms with van der Waals surface area (Å²) < 4.78 is 0. The van der Waals surface area contributed by atoms with Gasteiger partial charge in [-0.2, -0.15) is 0 Å². The van der Waals surface area contributed by atoms with Crippen molar-refractivity contribution in [2.75, 3.05) is 26.3 Å². The molecule has 1 aliphatic rings. The van der Waals surface area contributed by atoms with Gasteiger partial charge in [-0.05, 0) is 41.8 Å². The Kier molecular flexibility index (Phi) is 8.69. The van der Waals surface area contributed by atoms with Gasteiger partial charge in [0.15, 0.2) is 0 Å². The predicted molar refractivity (Wildman–Crippen MR) is 138 cm³/mol. The van der Waals surface area contributed by atoms with E-state index in [0.29, 0.717) is 19.6 Å². The van der Waals surface area contributed by atoms with Crippen LogP contribution in [0.25, 0.3) is 0 Å². The zero-order valence-electron chi connectivity index (χ0n) is 20.4. The molecule has 37 heavy (non-hydrogen) atoms. The molecule has 2 atom stereocenters. The predicted octanol–water partition coefficient (Wildman–Crippen LogP) is 0.877. The van der Waals surface area contributed by atoms with Crippen LogP contribution >= 0.6 is 0 Å². The fraction of sp³-hybridized carbons (Fsp3) is 0.321. The van der Waals surface area contributed by atoms with Crippen LogP contribution in [-0.4, -0.2) is 68.4 Å². The number of nitrogens with zero attached hydrogens (tertiary/aromatic N) is 2. The first-order chi connectivity index (χ1) is 18.0. The molecule has 5 N–H and O–H groups in total. The highest BCUT2D eigenvalue weighted by molar-refractivity contribution is 5.77. The number of aromatic nitrogens is 2. The summed E-state index contributed by atoms with van der Waals surface area (Å²) in [5.41, 5.74) is 3.33. The van der Waals surface area contributed by atoms with Gasteiger partial charge >= 0.3 is 0 Å². The first-order valence-corrected chi connectivity index (χ1v) is 12.2. The number of rotatable bonds is 8. The molecule has 4 rings (SSSR count). The van der Waals surface area contributed by atoms with Crippen molar-refractivity contribution in [3.63, 3.8) is 0 Å². The number of hydrogen-bond acceptors (Lipinski definition) is 7. The Balaban J connectivity index is 1.32. The summed E-state index contributed by atoms with van der Waals surface area (Å²) in [5.74, 6) is 5.34. The van der Waals surface area contributed by atoms with Gasteiger partial charge in [-0.15, -0.1) is 0 Å². The number of carbonyl (C=O) groups is 1. The summed E-state index contributed by atoms with van der Waals surface area (Å²) >= 11 is 0. The Hall–Kier alpha value is -3.97. The molecule has 1 amide bonds. The standard InChI is InChI=1S/C28H30N4O5/c33-16-23(13-25-27(36)28(37)31-18-30-25)22-9-7-20(8-10-22)2-1-19-3-5-21(6-4-19)14-29-24-11-12-32(15-24)26(35)17-34/h3-10,18,23-24,29,33-34,36H,11-17H2,(H,30,31,37)/t23?,24-/m1/s1. The van der Waals surface area contributed by atoms with E-state index in [0.717, 1.165) is 28.7 Å². The normalized spacial score (nSPS) is 15.7. The third-order valence-electron chi connectivity index (χ3n) is 6.52. The Morgan fingerprint density at radius 2 is 1.78 bits per heavy atom. The third kappa shape index (κ3) is 6.83. The molecule has 9 nitrogen and oxygen atoms in total. The topological polar surface area (TPSA) is 139 Å². The number of H-pyrrole nitrogens is 1. The van der Waals surface area contributed by atoms with Crippen LogP contribution in [0.1, 0.15) is 40.3 Å². The summed E-state index contributed by atoms with van der Waals surface area (Å²) in [4.78, 5) is 31.2. The Bertz CT molecular complexity index is 1330. The number of likely N-dealkylation sites (tertiary alicyclic amines) is 1. The van der Waals surface area contributed by atoms with Crippen LogP contribution in [0.5, 0.6) is 5.75 Å². The lowest BCUT2D eigenvalue weighted by atomic mass is 9.94. The minimum Gasteiger partial charge on any atom is -0.502 e. The second kappa shape index (κ2) is 12.3. The smallest absolute Gasteiger partial charge is 0.293 e. The number of aromatic amines is 1. The number of carbonyl (C=O) groups excluding carboxylic acids is 1. The number of aliphatic hydroxyl groups is 2. The van der Waals surface area contributed by atoms with Gasteiger partial charge < -0.3 is 30.5 Å². The van der Waals surface area contributed by atoms with E-state index in [1.165, 1.54) is 6.33 Å². The van der Waals surface area contributed by atoms with E-state index in [9.17, 15) is 19.8 Å². The highest BCUT2D eigenvalue weighted by Crippen LogP contribution is 2.22. The average molecular weight is 503 g/mol. The maximum atomic E-state index is 11.6. The van der Waals surface area contributed by atoms with E-state index in [2.05, 4.69) is 27.1 Å². The van der Waals surface area contributed by atoms with Gasteiger partial charge in [-0.25, -0.2) is 4.98 Å². The Morgan fingerprint density at radius 3 is 2.43 bits per heavy atom. The minimum absolute atomic E-state index is 0.153. The maximum absolute atomic E-state index is 11.6. The van der Waals surface area contributed by atoms with E-state index in [-0.39, 0.29) is 36.6 Å². The van der Waals surface area contributed by atoms with E-state index < -0.39 is 17.9 Å². The highest BCUT2D eigenvalue weighted by atomic mass is 16.3. The lowest BCUT2D eigenvalue weighted by molar-refractivity contribution is -0.133. The third-order valence-corrected chi connectivity index (χ3v) is 6.52. The lowest BCUT2D eigenvalue weighted by Crippen LogP contribution is -2.36. The highest BCUT2D eigenvalue weighted by Gasteiger charge is 2.25. The zero-order valence-corrected chi connectivity index (χ0v) is 20.4. The fourth-order valence-electron chi connectivity index (χ4n) is 4.30. The molecule has 0 radical (unpaired) electrons. The summed E-state index contributed by atoms with van der Waals surface area (Å²) in [6.07, 6.45) is 2.34. The van der Waals surface area contributed by atoms with Crippen molar-refractivity contribution >= 4 is 5.91 Å². The number of benzene rings is 2. The number of amides is 1. The second-order valence-corrected chi connectivity index (χ2v) is 9.04. The van der Waals surface area contributed by atoms with Gasteiger partial charge in [0, 0.05) is 49.1 Å². The SMILES string of the molecule is O=C(CO)N1CC[C@@H](NCc2ccc(C#Cc3ccc(C(CO)Cc4nc[nH]c(=O)c4O)cc3)cc2)C1. The van der Waals surface area contributed by atoms with Crippen LogP contribution < -0.4 is 10.9 Å². The first kappa shape index (κ1) is 26.1. The molecule has 1 fully saturated rings. The van der Waals surface area contributed by atoms with Gasteiger partial charge in [0.05, 0.1) is 18.6 Å². The summed E-state index contributed by atoms with van der Waals surface area (Å²) in [6.45, 7) is 1.38. The molecule has 9 heteroatoms. The maximum Gasteiger partial charge on any atom is 0.293 e. The van der Waals surface area contributed by atoms with Crippen LogP contribution in [0.4, 0.5) is 0 Å². The van der Waals surface area contributed by atoms with Crippen molar-refractivity contribution < 1.29 is 20.1 Å². The van der Waals surface area contributed by atoms with E-state index in [1.54, 1.807) is 4.90 Å². The van der Waals surface area contributed by atoms with Gasteiger partial charge in [-0.1, -0.05) is 36.1 Å². The molecule has 2 heterocycles. The summed E-state index contributed by atoms with van der Waals surface area (Å²) in [6, 6.07) is 15.7. The molecule has 0 bridgehead atoms. The van der Waals surface area contributed by atoms with Gasteiger partial charge in [0.2, 0.25) is 11.7 Å². The van der Waals surface area contributed by atoms with Crippen molar-refractivity contribution in [2.45, 2.75) is 31.3 Å². The zero-order chi connectivity index (χ0) is 26.2. The molecule has 0 spiro atoms. The van der Waals surface area contributed by atoms with Gasteiger partial charge in [0.1, 0.15) is 6.61 Å². The molecular weight excluding hydrogens is 472 g/mol. The van der Waals surface area contributed by atoms with Crippen LogP contribution in [0, 0.1) is 11.8 Å². The number of nitrogens with one attached hydrogen (secondary N) is 2. The monoisotopic (exact) mass is 502 g/mol. The van der Waals surface area contributed by atoms with Crippen molar-refractivity contribution in [1.82, 2.24) is 20.2 Å². The van der Waals surface area contributed by atoms with Crippen LogP contribution in [-0.2, 0) is 17.8 Å². The molecule has 2 aromatic carbocycles. The molecule has 192 valence electrons. The first-order valence-electron chi connectivity index (χ1n) is 12.2. The summed E-state index contributed by atoms with van der Waals surface area (Å²) in [7, 11) is 0. The largest absolute Gasteiger partial charge is 0.502 e. The number of aromatic hydroxyl groups is 1. The van der Waals surface area contributed by atoms with Crippen LogP contribution in [0.15, 0.2) is 59.7 Å². The molecule has 0 saturated carbocycles. The van der Waals surface area contributed by atoms with Crippen molar-refractivity contribution in [1.29, 1.82) is 0 Å². The van der Waals surface area contributed by atoms with Gasteiger partial charge in [0.25, 0.3) is 5.56 Å². The quantitative estimate of drug-likeness (QED) is 0.288. The van der Waals surface area contributed by atoms with Crippen LogP contribution in [0.2, 0.25) is 0 Å². The van der Waals surface area contributed by atoms with E-state index in [1.807, 2.05) is 48.5 Å². The molecule has 1 aromatic heterocycles. The lowest BCUT2D eigenvalue weighted by Gasteiger charge is -2.16. The van der Waals surface area contributed by atoms with Crippen LogP contribution in [0.3, 0.4) is 0 Å². The minimum atomic E-state index is -0.603.